The molecular weight excluding hydrogens is 190 g/mol. The van der Waals surface area contributed by atoms with E-state index in [-0.39, 0.29) is 11.5 Å². The van der Waals surface area contributed by atoms with Crippen molar-refractivity contribution < 1.29 is 9.53 Å². The van der Waals surface area contributed by atoms with Crippen LogP contribution in [0.2, 0.25) is 0 Å². The second kappa shape index (κ2) is 3.66. The molecule has 80 valence electrons. The van der Waals surface area contributed by atoms with E-state index < -0.39 is 0 Å². The average molecular weight is 205 g/mol. The van der Waals surface area contributed by atoms with Gasteiger partial charge in [0, 0.05) is 5.54 Å². The minimum absolute atomic E-state index is 0.218. The first-order valence-electron chi connectivity index (χ1n) is 5.13. The first-order chi connectivity index (χ1) is 7.15. The highest BCUT2D eigenvalue weighted by Crippen LogP contribution is 2.38. The van der Waals surface area contributed by atoms with Crippen LogP contribution in [0, 0.1) is 0 Å². The van der Waals surface area contributed by atoms with Crippen LogP contribution in [0.15, 0.2) is 24.3 Å². The van der Waals surface area contributed by atoms with Crippen LogP contribution < -0.4 is 5.73 Å². The van der Waals surface area contributed by atoms with Crippen molar-refractivity contribution in [1.29, 1.82) is 0 Å². The van der Waals surface area contributed by atoms with Gasteiger partial charge >= 0.3 is 5.97 Å². The highest BCUT2D eigenvalue weighted by molar-refractivity contribution is 5.89. The van der Waals surface area contributed by atoms with Crippen molar-refractivity contribution in [2.24, 2.45) is 5.73 Å². The fraction of sp³-hybridized carbons (Fsp3) is 0.417. The van der Waals surface area contributed by atoms with Gasteiger partial charge in [-0.05, 0) is 37.0 Å². The van der Waals surface area contributed by atoms with Gasteiger partial charge in [0.05, 0.1) is 12.7 Å². The molecule has 2 rings (SSSR count). The van der Waals surface area contributed by atoms with E-state index in [1.165, 1.54) is 13.5 Å². The van der Waals surface area contributed by atoms with Gasteiger partial charge in [0.15, 0.2) is 0 Å². The van der Waals surface area contributed by atoms with Crippen LogP contribution in [0.4, 0.5) is 0 Å². The molecule has 0 unspecified atom stereocenters. The van der Waals surface area contributed by atoms with E-state index in [4.69, 9.17) is 5.73 Å². The summed E-state index contributed by atoms with van der Waals surface area (Å²) < 4.78 is 4.68. The molecule has 2 N–H and O–H groups in total. The quantitative estimate of drug-likeness (QED) is 0.749. The maximum atomic E-state index is 11.3. The van der Waals surface area contributed by atoms with Gasteiger partial charge in [-0.15, -0.1) is 0 Å². The summed E-state index contributed by atoms with van der Waals surface area (Å²) in [6, 6.07) is 7.42. The number of esters is 1. The Morgan fingerprint density at radius 1 is 1.47 bits per heavy atom. The number of nitrogens with two attached hydrogens (primary N) is 1. The Balaban J connectivity index is 2.30. The molecular formula is C12H15NO2. The van der Waals surface area contributed by atoms with Crippen LogP contribution in [0.1, 0.15) is 35.2 Å². The van der Waals surface area contributed by atoms with E-state index in [2.05, 4.69) is 4.74 Å². The molecule has 3 heteroatoms. The monoisotopic (exact) mass is 205 g/mol. The lowest BCUT2D eigenvalue weighted by molar-refractivity contribution is 0.0600. The number of benzene rings is 1. The summed E-state index contributed by atoms with van der Waals surface area (Å²) in [4.78, 5) is 11.3. The first kappa shape index (κ1) is 10.2. The fourth-order valence-electron chi connectivity index (χ4n) is 1.92. The maximum absolute atomic E-state index is 11.3. The fourth-order valence-corrected chi connectivity index (χ4v) is 1.92. The van der Waals surface area contributed by atoms with Gasteiger partial charge in [0.1, 0.15) is 0 Å². The summed E-state index contributed by atoms with van der Waals surface area (Å²) in [5.74, 6) is -0.306. The van der Waals surface area contributed by atoms with Crippen LogP contribution in [-0.4, -0.2) is 13.1 Å². The normalized spacial score (nSPS) is 18.0. The number of ether oxygens (including phenoxy) is 1. The van der Waals surface area contributed by atoms with E-state index in [1.807, 2.05) is 18.2 Å². The summed E-state index contributed by atoms with van der Waals surface area (Å²) in [6.45, 7) is 0. The molecule has 0 saturated heterocycles. The molecule has 0 radical (unpaired) electrons. The van der Waals surface area contributed by atoms with Crippen LogP contribution in [0.3, 0.4) is 0 Å². The van der Waals surface area contributed by atoms with Gasteiger partial charge in [-0.25, -0.2) is 4.79 Å². The SMILES string of the molecule is COC(=O)c1cccc(C2(N)CCC2)c1. The second-order valence-electron chi connectivity index (χ2n) is 4.08. The summed E-state index contributed by atoms with van der Waals surface area (Å²) in [5, 5.41) is 0. The Kier molecular flexibility index (Phi) is 2.49. The molecule has 1 aromatic carbocycles. The van der Waals surface area contributed by atoms with E-state index >= 15 is 0 Å². The Bertz CT molecular complexity index is 383. The summed E-state index contributed by atoms with van der Waals surface area (Å²) in [5.41, 5.74) is 7.58. The van der Waals surface area contributed by atoms with Crippen LogP contribution in [0.25, 0.3) is 0 Å². The maximum Gasteiger partial charge on any atom is 0.337 e. The van der Waals surface area contributed by atoms with Crippen molar-refractivity contribution in [3.8, 4) is 0 Å². The molecule has 1 saturated carbocycles. The van der Waals surface area contributed by atoms with E-state index in [0.29, 0.717) is 5.56 Å². The Hall–Kier alpha value is -1.35. The van der Waals surface area contributed by atoms with Crippen LogP contribution in [0.5, 0.6) is 0 Å². The lowest BCUT2D eigenvalue weighted by Gasteiger charge is -2.38. The molecule has 0 aliphatic heterocycles. The van der Waals surface area contributed by atoms with E-state index in [9.17, 15) is 4.79 Å². The molecule has 3 nitrogen and oxygen atoms in total. The number of carbonyl (C=O) groups is 1. The molecule has 1 aliphatic rings. The largest absolute Gasteiger partial charge is 0.465 e. The van der Waals surface area contributed by atoms with Crippen molar-refractivity contribution in [2.75, 3.05) is 7.11 Å². The Morgan fingerprint density at radius 2 is 2.20 bits per heavy atom. The van der Waals surface area contributed by atoms with Gasteiger partial charge < -0.3 is 10.5 Å². The minimum Gasteiger partial charge on any atom is -0.465 e. The first-order valence-corrected chi connectivity index (χ1v) is 5.13. The molecule has 15 heavy (non-hydrogen) atoms. The van der Waals surface area contributed by atoms with Gasteiger partial charge in [-0.3, -0.25) is 0 Å². The third-order valence-electron chi connectivity index (χ3n) is 3.10. The van der Waals surface area contributed by atoms with Crippen molar-refractivity contribution in [1.82, 2.24) is 0 Å². The van der Waals surface area contributed by atoms with Crippen molar-refractivity contribution >= 4 is 5.97 Å². The van der Waals surface area contributed by atoms with E-state index in [1.54, 1.807) is 6.07 Å². The van der Waals surface area contributed by atoms with Crippen molar-refractivity contribution in [2.45, 2.75) is 24.8 Å². The van der Waals surface area contributed by atoms with Gasteiger partial charge in [-0.1, -0.05) is 12.1 Å². The number of methoxy groups -OCH3 is 1. The van der Waals surface area contributed by atoms with Gasteiger partial charge in [0.2, 0.25) is 0 Å². The smallest absolute Gasteiger partial charge is 0.337 e. The zero-order valence-electron chi connectivity index (χ0n) is 8.82. The molecule has 1 aliphatic carbocycles. The number of hydrogen-bond acceptors (Lipinski definition) is 3. The molecule has 0 bridgehead atoms. The third kappa shape index (κ3) is 1.75. The van der Waals surface area contributed by atoms with Gasteiger partial charge in [0.25, 0.3) is 0 Å². The minimum atomic E-state index is -0.306. The molecule has 0 aromatic heterocycles. The molecule has 0 spiro atoms. The molecule has 0 heterocycles. The highest BCUT2D eigenvalue weighted by Gasteiger charge is 2.34. The molecule has 0 amide bonds. The summed E-state index contributed by atoms with van der Waals surface area (Å²) in [7, 11) is 1.39. The third-order valence-corrected chi connectivity index (χ3v) is 3.10. The molecule has 1 fully saturated rings. The average Bonchev–Trinajstić information content (AvgIpc) is 2.25. The predicted octanol–water partition coefficient (Wildman–Crippen LogP) is 1.81. The highest BCUT2D eigenvalue weighted by atomic mass is 16.5. The Morgan fingerprint density at radius 3 is 2.73 bits per heavy atom. The summed E-state index contributed by atoms with van der Waals surface area (Å²) in [6.07, 6.45) is 3.16. The lowest BCUT2D eigenvalue weighted by Crippen LogP contribution is -2.43. The topological polar surface area (TPSA) is 52.3 Å². The zero-order valence-corrected chi connectivity index (χ0v) is 8.82. The molecule has 0 atom stereocenters. The van der Waals surface area contributed by atoms with E-state index in [0.717, 1.165) is 18.4 Å². The van der Waals surface area contributed by atoms with Gasteiger partial charge in [-0.2, -0.15) is 0 Å². The summed E-state index contributed by atoms with van der Waals surface area (Å²) >= 11 is 0. The lowest BCUT2D eigenvalue weighted by atomic mass is 9.72. The predicted molar refractivity (Wildman–Crippen MR) is 57.5 cm³/mol. The molecule has 1 aromatic rings. The number of hydrogen-bond donors (Lipinski definition) is 1. The second-order valence-corrected chi connectivity index (χ2v) is 4.08. The standard InChI is InChI=1S/C12H15NO2/c1-15-11(14)9-4-2-5-10(8-9)12(13)6-3-7-12/h2,4-5,8H,3,6-7,13H2,1H3. The van der Waals surface area contributed by atoms with Crippen LogP contribution in [-0.2, 0) is 10.3 Å². The van der Waals surface area contributed by atoms with Crippen molar-refractivity contribution in [3.05, 3.63) is 35.4 Å². The Labute approximate surface area is 89.2 Å². The zero-order chi connectivity index (χ0) is 10.9. The van der Waals surface area contributed by atoms with Crippen LogP contribution >= 0.6 is 0 Å². The number of carbonyl (C=O) groups excluding carboxylic acids is 1. The van der Waals surface area contributed by atoms with Crippen molar-refractivity contribution in [3.63, 3.8) is 0 Å². The number of rotatable bonds is 2.